The summed E-state index contributed by atoms with van der Waals surface area (Å²) in [6.07, 6.45) is 2.90. The Kier molecular flexibility index (Phi) is 2.77. The van der Waals surface area contributed by atoms with E-state index in [1.807, 2.05) is 14.0 Å². The Morgan fingerprint density at radius 2 is 2.35 bits per heavy atom. The Morgan fingerprint density at radius 3 is 3.00 bits per heavy atom. The number of nitrogens with zero attached hydrogens (tertiary/aromatic N) is 4. The SMILES string of the molecule is CC(Nc1nc[nH]c(=O)c1N)c1nncn1C. The van der Waals surface area contributed by atoms with Crippen molar-refractivity contribution in [3.63, 3.8) is 0 Å². The Labute approximate surface area is 96.9 Å². The van der Waals surface area contributed by atoms with Gasteiger partial charge in [0, 0.05) is 7.05 Å². The van der Waals surface area contributed by atoms with Gasteiger partial charge in [-0.15, -0.1) is 10.2 Å². The van der Waals surface area contributed by atoms with Crippen molar-refractivity contribution in [2.75, 3.05) is 11.1 Å². The summed E-state index contributed by atoms with van der Waals surface area (Å²) < 4.78 is 1.78. The molecule has 0 fully saturated rings. The number of hydrogen-bond acceptors (Lipinski definition) is 6. The van der Waals surface area contributed by atoms with Gasteiger partial charge in [0.25, 0.3) is 5.56 Å². The quantitative estimate of drug-likeness (QED) is 0.670. The maximum Gasteiger partial charge on any atom is 0.276 e. The Hall–Kier alpha value is -2.38. The van der Waals surface area contributed by atoms with Crippen LogP contribution in [0.15, 0.2) is 17.4 Å². The summed E-state index contributed by atoms with van der Waals surface area (Å²) in [5.41, 5.74) is 5.30. The minimum atomic E-state index is -0.368. The van der Waals surface area contributed by atoms with E-state index in [1.54, 1.807) is 10.9 Å². The van der Waals surface area contributed by atoms with Gasteiger partial charge in [-0.3, -0.25) is 4.79 Å². The molecule has 0 radical (unpaired) electrons. The van der Waals surface area contributed by atoms with Crippen LogP contribution in [-0.2, 0) is 7.05 Å². The van der Waals surface area contributed by atoms with Crippen LogP contribution in [0.5, 0.6) is 0 Å². The van der Waals surface area contributed by atoms with Crippen molar-refractivity contribution < 1.29 is 0 Å². The fourth-order valence-electron chi connectivity index (χ4n) is 1.48. The fraction of sp³-hybridized carbons (Fsp3) is 0.333. The molecule has 17 heavy (non-hydrogen) atoms. The summed E-state index contributed by atoms with van der Waals surface area (Å²) in [6.45, 7) is 1.88. The van der Waals surface area contributed by atoms with Crippen LogP contribution in [0.2, 0.25) is 0 Å². The van der Waals surface area contributed by atoms with Crippen molar-refractivity contribution in [1.29, 1.82) is 0 Å². The van der Waals surface area contributed by atoms with Crippen LogP contribution in [0.1, 0.15) is 18.8 Å². The highest BCUT2D eigenvalue weighted by Crippen LogP contribution is 2.17. The first-order valence-electron chi connectivity index (χ1n) is 5.03. The normalized spacial score (nSPS) is 12.4. The first-order chi connectivity index (χ1) is 8.09. The van der Waals surface area contributed by atoms with Crippen LogP contribution in [0.3, 0.4) is 0 Å². The van der Waals surface area contributed by atoms with Gasteiger partial charge in [-0.05, 0) is 6.92 Å². The summed E-state index contributed by atoms with van der Waals surface area (Å²) in [7, 11) is 1.84. The third-order valence-electron chi connectivity index (χ3n) is 2.38. The summed E-state index contributed by atoms with van der Waals surface area (Å²) in [5.74, 6) is 1.07. The van der Waals surface area contributed by atoms with E-state index in [1.165, 1.54) is 6.33 Å². The number of nitrogens with two attached hydrogens (primary N) is 1. The first-order valence-corrected chi connectivity index (χ1v) is 5.03. The lowest BCUT2D eigenvalue weighted by molar-refractivity contribution is 0.716. The Balaban J connectivity index is 2.25. The van der Waals surface area contributed by atoms with Gasteiger partial charge in [0.05, 0.1) is 12.4 Å². The monoisotopic (exact) mass is 235 g/mol. The number of aromatic amines is 1. The number of H-pyrrole nitrogens is 1. The molecular formula is C9H13N7O. The maximum atomic E-state index is 11.3. The van der Waals surface area contributed by atoms with Crippen molar-refractivity contribution in [2.24, 2.45) is 7.05 Å². The molecular weight excluding hydrogens is 222 g/mol. The third kappa shape index (κ3) is 2.10. The number of hydrogen-bond donors (Lipinski definition) is 3. The van der Waals surface area contributed by atoms with E-state index in [-0.39, 0.29) is 17.3 Å². The second-order valence-electron chi connectivity index (χ2n) is 3.66. The molecule has 1 atom stereocenters. The number of aryl methyl sites for hydroxylation is 1. The molecule has 2 aromatic heterocycles. The number of nitrogen functional groups attached to an aromatic ring is 1. The molecule has 4 N–H and O–H groups in total. The van der Waals surface area contributed by atoms with Crippen molar-refractivity contribution >= 4 is 11.5 Å². The maximum absolute atomic E-state index is 11.3. The molecule has 0 aliphatic heterocycles. The summed E-state index contributed by atoms with van der Waals surface area (Å²) in [5, 5.41) is 10.8. The van der Waals surface area contributed by atoms with Gasteiger partial charge in [0.2, 0.25) is 0 Å². The van der Waals surface area contributed by atoms with Gasteiger partial charge in [0.1, 0.15) is 12.0 Å². The average Bonchev–Trinajstić information content (AvgIpc) is 2.71. The molecule has 0 aromatic carbocycles. The standard InChI is InChI=1S/C9H13N7O/c1-5(8-15-13-4-16(8)2)14-7-6(10)9(17)12-3-11-7/h3-5H,10H2,1-2H3,(H2,11,12,14,17). The average molecular weight is 235 g/mol. The van der Waals surface area contributed by atoms with Crippen molar-refractivity contribution in [3.05, 3.63) is 28.8 Å². The fourth-order valence-corrected chi connectivity index (χ4v) is 1.48. The summed E-state index contributed by atoms with van der Waals surface area (Å²) >= 11 is 0. The molecule has 0 saturated heterocycles. The van der Waals surface area contributed by atoms with Crippen molar-refractivity contribution in [3.8, 4) is 0 Å². The molecule has 8 heteroatoms. The van der Waals surface area contributed by atoms with E-state index in [2.05, 4.69) is 25.5 Å². The lowest BCUT2D eigenvalue weighted by atomic mass is 10.3. The molecule has 8 nitrogen and oxygen atoms in total. The zero-order chi connectivity index (χ0) is 12.4. The van der Waals surface area contributed by atoms with Crippen LogP contribution in [-0.4, -0.2) is 24.7 Å². The second-order valence-corrected chi connectivity index (χ2v) is 3.66. The van der Waals surface area contributed by atoms with Gasteiger partial charge in [-0.2, -0.15) is 0 Å². The zero-order valence-electron chi connectivity index (χ0n) is 9.51. The summed E-state index contributed by atoms with van der Waals surface area (Å²) in [6, 6.07) is -0.154. The molecule has 1 unspecified atom stereocenters. The van der Waals surface area contributed by atoms with E-state index >= 15 is 0 Å². The minimum Gasteiger partial charge on any atom is -0.391 e. The molecule has 2 rings (SSSR count). The van der Waals surface area contributed by atoms with Gasteiger partial charge < -0.3 is 20.6 Å². The van der Waals surface area contributed by atoms with Gasteiger partial charge in [-0.1, -0.05) is 0 Å². The van der Waals surface area contributed by atoms with Crippen LogP contribution >= 0.6 is 0 Å². The van der Waals surface area contributed by atoms with Gasteiger partial charge in [-0.25, -0.2) is 4.98 Å². The van der Waals surface area contributed by atoms with E-state index in [0.29, 0.717) is 5.82 Å². The van der Waals surface area contributed by atoms with Gasteiger partial charge in [0.15, 0.2) is 11.6 Å². The number of anilines is 2. The number of nitrogens with one attached hydrogen (secondary N) is 2. The molecule has 0 aliphatic rings. The van der Waals surface area contributed by atoms with Gasteiger partial charge >= 0.3 is 0 Å². The highest BCUT2D eigenvalue weighted by molar-refractivity contribution is 5.59. The topological polar surface area (TPSA) is 115 Å². The highest BCUT2D eigenvalue weighted by atomic mass is 16.1. The zero-order valence-corrected chi connectivity index (χ0v) is 9.51. The highest BCUT2D eigenvalue weighted by Gasteiger charge is 2.13. The summed E-state index contributed by atoms with van der Waals surface area (Å²) in [4.78, 5) is 17.6. The lowest BCUT2D eigenvalue weighted by Gasteiger charge is -2.14. The molecule has 90 valence electrons. The second kappa shape index (κ2) is 4.24. The third-order valence-corrected chi connectivity index (χ3v) is 2.38. The van der Waals surface area contributed by atoms with Crippen LogP contribution in [0.4, 0.5) is 11.5 Å². The number of aromatic nitrogens is 5. The predicted molar refractivity (Wildman–Crippen MR) is 62.3 cm³/mol. The largest absolute Gasteiger partial charge is 0.391 e. The minimum absolute atomic E-state index is 0.0570. The van der Waals surface area contributed by atoms with E-state index < -0.39 is 0 Å². The predicted octanol–water partition coefficient (Wildman–Crippen LogP) is -0.346. The van der Waals surface area contributed by atoms with Crippen molar-refractivity contribution in [1.82, 2.24) is 24.7 Å². The molecule has 0 amide bonds. The molecule has 0 spiro atoms. The molecule has 0 bridgehead atoms. The molecule has 0 aliphatic carbocycles. The van der Waals surface area contributed by atoms with Crippen molar-refractivity contribution in [2.45, 2.75) is 13.0 Å². The lowest BCUT2D eigenvalue weighted by Crippen LogP contribution is -2.19. The van der Waals surface area contributed by atoms with E-state index in [4.69, 9.17) is 5.73 Å². The first kappa shape index (κ1) is 11.1. The van der Waals surface area contributed by atoms with E-state index in [9.17, 15) is 4.79 Å². The molecule has 0 saturated carbocycles. The number of rotatable bonds is 3. The van der Waals surface area contributed by atoms with Crippen LogP contribution in [0.25, 0.3) is 0 Å². The van der Waals surface area contributed by atoms with Crippen LogP contribution < -0.4 is 16.6 Å². The smallest absolute Gasteiger partial charge is 0.276 e. The molecule has 2 heterocycles. The van der Waals surface area contributed by atoms with Crippen LogP contribution in [0, 0.1) is 0 Å². The Morgan fingerprint density at radius 1 is 1.59 bits per heavy atom. The Bertz CT molecular complexity index is 573. The van der Waals surface area contributed by atoms with E-state index in [0.717, 1.165) is 5.82 Å². The molecule has 2 aromatic rings.